The van der Waals surface area contributed by atoms with Crippen molar-refractivity contribution >= 4 is 51.2 Å². The molecule has 1 spiro atoms. The van der Waals surface area contributed by atoms with Gasteiger partial charge in [0.25, 0.3) is 0 Å². The van der Waals surface area contributed by atoms with Crippen LogP contribution in [-0.4, -0.2) is 0 Å². The van der Waals surface area contributed by atoms with Crippen molar-refractivity contribution in [2.75, 3.05) is 14.7 Å². The molecular formula is C63H55N3. The minimum absolute atomic E-state index is 0.0371. The molecule has 0 fully saturated rings. The molecule has 0 unspecified atom stereocenters. The number of hydrogen-bond acceptors (Lipinski definition) is 3. The molecule has 0 bridgehead atoms. The lowest BCUT2D eigenvalue weighted by molar-refractivity contribution is 0.587. The number of benzene rings is 9. The lowest BCUT2D eigenvalue weighted by Gasteiger charge is -2.46. The topological polar surface area (TPSA) is 9.72 Å². The molecule has 1 aliphatic carbocycles. The van der Waals surface area contributed by atoms with Gasteiger partial charge in [-0.2, -0.15) is 0 Å². The molecule has 3 heteroatoms. The lowest BCUT2D eigenvalue weighted by Crippen LogP contribution is -2.37. The highest BCUT2D eigenvalue weighted by molar-refractivity contribution is 5.98. The van der Waals surface area contributed by atoms with Crippen LogP contribution in [0.2, 0.25) is 0 Å². The highest BCUT2D eigenvalue weighted by Gasteiger charge is 2.52. The smallest absolute Gasteiger partial charge is 0.0755 e. The highest BCUT2D eigenvalue weighted by Crippen LogP contribution is 2.65. The Morgan fingerprint density at radius 2 is 0.712 bits per heavy atom. The second-order valence-electron chi connectivity index (χ2n) is 19.9. The van der Waals surface area contributed by atoms with E-state index in [1.807, 2.05) is 0 Å². The van der Waals surface area contributed by atoms with Crippen molar-refractivity contribution in [3.8, 4) is 11.1 Å². The molecule has 2 aliphatic rings. The van der Waals surface area contributed by atoms with Gasteiger partial charge in [0.15, 0.2) is 0 Å². The Morgan fingerprint density at radius 3 is 1.15 bits per heavy atom. The fourth-order valence-corrected chi connectivity index (χ4v) is 10.5. The molecule has 1 aliphatic heterocycles. The Bertz CT molecular complexity index is 2990. The first-order chi connectivity index (χ1) is 32.0. The quantitative estimate of drug-likeness (QED) is 0.158. The summed E-state index contributed by atoms with van der Waals surface area (Å²) in [7, 11) is 0. The zero-order valence-electron chi connectivity index (χ0n) is 38.7. The van der Waals surface area contributed by atoms with Crippen LogP contribution in [0.25, 0.3) is 11.1 Å². The average Bonchev–Trinajstić information content (AvgIpc) is 3.62. The van der Waals surface area contributed by atoms with Gasteiger partial charge in [-0.3, -0.25) is 0 Å². The van der Waals surface area contributed by atoms with E-state index in [1.54, 1.807) is 0 Å². The molecule has 1 heterocycles. The van der Waals surface area contributed by atoms with Gasteiger partial charge in [0.2, 0.25) is 0 Å². The Labute approximate surface area is 390 Å². The van der Waals surface area contributed by atoms with Crippen LogP contribution in [0.3, 0.4) is 0 Å². The third kappa shape index (κ3) is 6.72. The minimum Gasteiger partial charge on any atom is -0.310 e. The summed E-state index contributed by atoms with van der Waals surface area (Å²) in [6.07, 6.45) is 0. The maximum Gasteiger partial charge on any atom is 0.0755 e. The first kappa shape index (κ1) is 41.1. The van der Waals surface area contributed by atoms with Gasteiger partial charge < -0.3 is 14.7 Å². The van der Waals surface area contributed by atoms with Gasteiger partial charge in [-0.1, -0.05) is 169 Å². The summed E-state index contributed by atoms with van der Waals surface area (Å²) in [5, 5.41) is 0. The van der Waals surface area contributed by atoms with Crippen molar-refractivity contribution in [3.05, 3.63) is 258 Å². The SMILES string of the molecule is CC(C)(C)c1ccc(N2c3ccccc3C3(c4cc(N(c5ccccc5)c5ccccc5)ccc4-c4ccc(N(c5ccccc5)c5ccccc5)cc43)c3cc(C(C)(C)C)ccc32)cc1. The predicted octanol–water partition coefficient (Wildman–Crippen LogP) is 17.4. The van der Waals surface area contributed by atoms with E-state index in [0.717, 1.165) is 39.8 Å². The first-order valence-corrected chi connectivity index (χ1v) is 23.3. The molecule has 0 aromatic heterocycles. The van der Waals surface area contributed by atoms with Gasteiger partial charge in [0.1, 0.15) is 0 Å². The summed E-state index contributed by atoms with van der Waals surface area (Å²) < 4.78 is 0. The number of fused-ring (bicyclic) bond motifs is 9. The molecule has 9 aromatic rings. The first-order valence-electron chi connectivity index (χ1n) is 23.3. The molecule has 0 amide bonds. The molecule has 0 radical (unpaired) electrons. The van der Waals surface area contributed by atoms with Crippen LogP contribution >= 0.6 is 0 Å². The summed E-state index contributed by atoms with van der Waals surface area (Å²) in [5.41, 5.74) is 19.6. The zero-order valence-corrected chi connectivity index (χ0v) is 38.7. The van der Waals surface area contributed by atoms with Gasteiger partial charge in [-0.15, -0.1) is 0 Å². The van der Waals surface area contributed by atoms with Gasteiger partial charge in [-0.05, 0) is 152 Å². The molecule has 3 nitrogen and oxygen atoms in total. The Kier molecular flexibility index (Phi) is 9.85. The van der Waals surface area contributed by atoms with Crippen molar-refractivity contribution in [1.29, 1.82) is 0 Å². The Balaban J connectivity index is 1.25. The molecule has 0 saturated heterocycles. The fraction of sp³-hybridized carbons (Fsp3) is 0.143. The second-order valence-corrected chi connectivity index (χ2v) is 19.9. The van der Waals surface area contributed by atoms with E-state index in [9.17, 15) is 0 Å². The summed E-state index contributed by atoms with van der Waals surface area (Å²) in [6, 6.07) is 83.3. The predicted molar refractivity (Wildman–Crippen MR) is 279 cm³/mol. The van der Waals surface area contributed by atoms with E-state index in [4.69, 9.17) is 0 Å². The molecule has 0 atom stereocenters. The fourth-order valence-electron chi connectivity index (χ4n) is 10.5. The van der Waals surface area contributed by atoms with Crippen molar-refractivity contribution < 1.29 is 0 Å². The number of para-hydroxylation sites is 5. The van der Waals surface area contributed by atoms with Crippen LogP contribution < -0.4 is 14.7 Å². The Hall–Kier alpha value is -7.62. The monoisotopic (exact) mass is 853 g/mol. The Morgan fingerprint density at radius 1 is 0.318 bits per heavy atom. The van der Waals surface area contributed by atoms with Gasteiger partial charge in [-0.25, -0.2) is 0 Å². The number of nitrogens with zero attached hydrogens (tertiary/aromatic N) is 3. The van der Waals surface area contributed by atoms with E-state index in [-0.39, 0.29) is 10.8 Å². The molecule has 0 saturated carbocycles. The largest absolute Gasteiger partial charge is 0.310 e. The summed E-state index contributed by atoms with van der Waals surface area (Å²) in [5.74, 6) is 0. The number of anilines is 9. The summed E-state index contributed by atoms with van der Waals surface area (Å²) in [6.45, 7) is 13.9. The van der Waals surface area contributed by atoms with Gasteiger partial charge in [0, 0.05) is 39.8 Å². The highest BCUT2D eigenvalue weighted by atomic mass is 15.2. The van der Waals surface area contributed by atoms with Crippen molar-refractivity contribution in [2.45, 2.75) is 57.8 Å². The van der Waals surface area contributed by atoms with Crippen LogP contribution in [0.4, 0.5) is 51.2 Å². The van der Waals surface area contributed by atoms with Crippen LogP contribution in [0, 0.1) is 0 Å². The molecule has 0 N–H and O–H groups in total. The average molecular weight is 854 g/mol. The van der Waals surface area contributed by atoms with Crippen molar-refractivity contribution in [3.63, 3.8) is 0 Å². The number of hydrogen-bond donors (Lipinski definition) is 0. The van der Waals surface area contributed by atoms with Gasteiger partial charge in [0.05, 0.1) is 16.8 Å². The summed E-state index contributed by atoms with van der Waals surface area (Å²) >= 11 is 0. The zero-order chi connectivity index (χ0) is 45.2. The maximum atomic E-state index is 2.54. The van der Waals surface area contributed by atoms with Gasteiger partial charge >= 0.3 is 0 Å². The van der Waals surface area contributed by atoms with E-state index >= 15 is 0 Å². The minimum atomic E-state index is -0.705. The third-order valence-electron chi connectivity index (χ3n) is 13.7. The third-order valence-corrected chi connectivity index (χ3v) is 13.7. The molecule has 9 aromatic carbocycles. The van der Waals surface area contributed by atoms with Crippen LogP contribution in [0.5, 0.6) is 0 Å². The standard InChI is InChI=1S/C63H55N3/c1-61(2,3)44-31-34-50(35-32-44)66-59-30-20-19-29-55(59)63(58-41-45(62(4,5)6)33-40-60(58)66)56-42-51(64(46-21-11-7-12-22-46)47-23-13-8-14-24-47)36-38-53(56)54-39-37-52(43-57(54)63)65(48-25-15-9-16-26-48)49-27-17-10-18-28-49/h7-43H,1-6H3. The molecule has 66 heavy (non-hydrogen) atoms. The molecular weight excluding hydrogens is 799 g/mol. The lowest BCUT2D eigenvalue weighted by atomic mass is 9.63. The van der Waals surface area contributed by atoms with Crippen LogP contribution in [0.15, 0.2) is 224 Å². The van der Waals surface area contributed by atoms with Crippen LogP contribution in [-0.2, 0) is 16.2 Å². The molecule has 322 valence electrons. The molecule has 11 rings (SSSR count). The van der Waals surface area contributed by atoms with Crippen LogP contribution in [0.1, 0.15) is 74.9 Å². The van der Waals surface area contributed by atoms with E-state index in [2.05, 4.69) is 281 Å². The van der Waals surface area contributed by atoms with E-state index in [0.29, 0.717) is 0 Å². The normalized spacial score (nSPS) is 13.4. The maximum absolute atomic E-state index is 2.54. The van der Waals surface area contributed by atoms with E-state index < -0.39 is 5.41 Å². The van der Waals surface area contributed by atoms with Crippen molar-refractivity contribution in [2.24, 2.45) is 0 Å². The second kappa shape index (κ2) is 15.8. The number of rotatable bonds is 7. The van der Waals surface area contributed by atoms with Crippen molar-refractivity contribution in [1.82, 2.24) is 0 Å². The van der Waals surface area contributed by atoms with E-state index in [1.165, 1.54) is 55.9 Å². The summed E-state index contributed by atoms with van der Waals surface area (Å²) in [4.78, 5) is 7.32.